The number of morpholine rings is 1. The van der Waals surface area contributed by atoms with E-state index >= 15 is 0 Å². The summed E-state index contributed by atoms with van der Waals surface area (Å²) >= 11 is 0. The lowest BCUT2D eigenvalue weighted by atomic mass is 10.1. The summed E-state index contributed by atoms with van der Waals surface area (Å²) < 4.78 is 5.33. The van der Waals surface area contributed by atoms with E-state index in [0.29, 0.717) is 0 Å². The largest absolute Gasteiger partial charge is 0.378 e. The van der Waals surface area contributed by atoms with Crippen molar-refractivity contribution in [2.75, 3.05) is 26.3 Å². The molecule has 1 aliphatic rings. The molecule has 0 N–H and O–H groups in total. The van der Waals surface area contributed by atoms with Gasteiger partial charge in [-0.25, -0.2) is 0 Å². The summed E-state index contributed by atoms with van der Waals surface area (Å²) in [5.74, 6) is 0. The van der Waals surface area contributed by atoms with Gasteiger partial charge in [0.1, 0.15) is 0 Å². The van der Waals surface area contributed by atoms with Crippen LogP contribution in [0.2, 0.25) is 0 Å². The van der Waals surface area contributed by atoms with Crippen LogP contribution in [0.4, 0.5) is 0 Å². The number of fused-ring (bicyclic) bond motifs is 1. The first-order valence-electron chi connectivity index (χ1n) is 6.41. The van der Waals surface area contributed by atoms with Crippen molar-refractivity contribution < 1.29 is 4.74 Å². The second-order valence-electron chi connectivity index (χ2n) is 4.57. The summed E-state index contributed by atoms with van der Waals surface area (Å²) in [5.41, 5.74) is 1.25. The Bertz CT molecular complexity index is 556. The van der Waals surface area contributed by atoms with Gasteiger partial charge in [0.05, 0.1) is 13.2 Å². The van der Waals surface area contributed by atoms with E-state index in [1.54, 1.807) is 0 Å². The zero-order chi connectivity index (χ0) is 12.2. The standard InChI is InChI=1S/C16H17NO/c1-2-4-16-13-14(5-6-15(16)3-1)7-8-17-9-11-18-12-10-17/h1-8,13H,9-12H2/b8-7+. The van der Waals surface area contributed by atoms with Gasteiger partial charge in [-0.05, 0) is 34.7 Å². The molecule has 0 spiro atoms. The molecule has 2 aromatic carbocycles. The van der Waals surface area contributed by atoms with Crippen molar-refractivity contribution >= 4 is 16.8 Å². The van der Waals surface area contributed by atoms with Gasteiger partial charge in [-0.15, -0.1) is 0 Å². The van der Waals surface area contributed by atoms with Crippen LogP contribution < -0.4 is 0 Å². The number of nitrogens with zero attached hydrogens (tertiary/aromatic N) is 1. The fraction of sp³-hybridized carbons (Fsp3) is 0.250. The van der Waals surface area contributed by atoms with E-state index < -0.39 is 0 Å². The van der Waals surface area contributed by atoms with Crippen molar-refractivity contribution in [3.63, 3.8) is 0 Å². The molecule has 0 atom stereocenters. The van der Waals surface area contributed by atoms with Gasteiger partial charge in [0.2, 0.25) is 0 Å². The second-order valence-corrected chi connectivity index (χ2v) is 4.57. The molecule has 0 radical (unpaired) electrons. The van der Waals surface area contributed by atoms with Crippen LogP contribution in [-0.2, 0) is 4.74 Å². The first kappa shape index (κ1) is 11.3. The fourth-order valence-corrected chi connectivity index (χ4v) is 2.23. The lowest BCUT2D eigenvalue weighted by Crippen LogP contribution is -2.31. The summed E-state index contributed by atoms with van der Waals surface area (Å²) in [4.78, 5) is 2.30. The molecule has 2 aromatic rings. The van der Waals surface area contributed by atoms with Gasteiger partial charge in [0, 0.05) is 13.1 Å². The summed E-state index contributed by atoms with van der Waals surface area (Å²) in [7, 11) is 0. The highest BCUT2D eigenvalue weighted by atomic mass is 16.5. The molecule has 18 heavy (non-hydrogen) atoms. The Morgan fingerprint density at radius 3 is 2.56 bits per heavy atom. The summed E-state index contributed by atoms with van der Waals surface area (Å²) in [6.07, 6.45) is 4.35. The Morgan fingerprint density at radius 1 is 0.944 bits per heavy atom. The topological polar surface area (TPSA) is 12.5 Å². The minimum Gasteiger partial charge on any atom is -0.378 e. The predicted molar refractivity (Wildman–Crippen MR) is 75.4 cm³/mol. The van der Waals surface area contributed by atoms with Gasteiger partial charge in [-0.1, -0.05) is 36.4 Å². The first-order chi connectivity index (χ1) is 8.92. The van der Waals surface area contributed by atoms with Crippen molar-refractivity contribution in [1.29, 1.82) is 0 Å². The molecular weight excluding hydrogens is 222 g/mol. The third-order valence-electron chi connectivity index (χ3n) is 3.30. The maximum Gasteiger partial charge on any atom is 0.0642 e. The average molecular weight is 239 g/mol. The van der Waals surface area contributed by atoms with E-state index in [4.69, 9.17) is 4.74 Å². The molecule has 3 rings (SSSR count). The molecule has 2 nitrogen and oxygen atoms in total. The highest BCUT2D eigenvalue weighted by molar-refractivity contribution is 5.84. The maximum atomic E-state index is 5.33. The van der Waals surface area contributed by atoms with Gasteiger partial charge >= 0.3 is 0 Å². The van der Waals surface area contributed by atoms with E-state index in [0.717, 1.165) is 26.3 Å². The molecule has 0 aromatic heterocycles. The molecule has 0 amide bonds. The zero-order valence-corrected chi connectivity index (χ0v) is 10.4. The minimum atomic E-state index is 0.835. The fourth-order valence-electron chi connectivity index (χ4n) is 2.23. The smallest absolute Gasteiger partial charge is 0.0642 e. The minimum absolute atomic E-state index is 0.835. The number of benzene rings is 2. The van der Waals surface area contributed by atoms with Crippen molar-refractivity contribution in [3.8, 4) is 0 Å². The third kappa shape index (κ3) is 2.54. The van der Waals surface area contributed by atoms with Crippen LogP contribution in [0.1, 0.15) is 5.56 Å². The van der Waals surface area contributed by atoms with E-state index in [9.17, 15) is 0 Å². The Morgan fingerprint density at radius 2 is 1.72 bits per heavy atom. The normalized spacial score (nSPS) is 16.6. The quantitative estimate of drug-likeness (QED) is 0.798. The SMILES string of the molecule is C(=C\N1CCOCC1)/c1ccc2ccccc2c1. The van der Waals surface area contributed by atoms with Crippen molar-refractivity contribution in [1.82, 2.24) is 4.90 Å². The number of hydrogen-bond acceptors (Lipinski definition) is 2. The highest BCUT2D eigenvalue weighted by Crippen LogP contribution is 2.16. The van der Waals surface area contributed by atoms with Crippen LogP contribution in [0.25, 0.3) is 16.8 Å². The lowest BCUT2D eigenvalue weighted by molar-refractivity contribution is 0.0597. The van der Waals surface area contributed by atoms with Gasteiger partial charge in [0.25, 0.3) is 0 Å². The Balaban J connectivity index is 1.79. The highest BCUT2D eigenvalue weighted by Gasteiger charge is 2.04. The van der Waals surface area contributed by atoms with E-state index in [1.165, 1.54) is 16.3 Å². The predicted octanol–water partition coefficient (Wildman–Crippen LogP) is 3.14. The summed E-state index contributed by atoms with van der Waals surface area (Å²) in [6.45, 7) is 3.65. The van der Waals surface area contributed by atoms with Crippen LogP contribution in [0.15, 0.2) is 48.7 Å². The van der Waals surface area contributed by atoms with Crippen molar-refractivity contribution in [3.05, 3.63) is 54.2 Å². The van der Waals surface area contributed by atoms with E-state index in [-0.39, 0.29) is 0 Å². The number of rotatable bonds is 2. The van der Waals surface area contributed by atoms with E-state index in [2.05, 4.69) is 59.6 Å². The van der Waals surface area contributed by atoms with Crippen molar-refractivity contribution in [2.24, 2.45) is 0 Å². The molecule has 0 saturated carbocycles. The molecule has 1 saturated heterocycles. The molecule has 0 aliphatic carbocycles. The molecule has 1 aliphatic heterocycles. The van der Waals surface area contributed by atoms with Crippen LogP contribution >= 0.6 is 0 Å². The zero-order valence-electron chi connectivity index (χ0n) is 10.4. The number of hydrogen-bond donors (Lipinski definition) is 0. The van der Waals surface area contributed by atoms with Crippen LogP contribution in [0.5, 0.6) is 0 Å². The van der Waals surface area contributed by atoms with Crippen LogP contribution in [-0.4, -0.2) is 31.2 Å². The first-order valence-corrected chi connectivity index (χ1v) is 6.41. The third-order valence-corrected chi connectivity index (χ3v) is 3.30. The molecular formula is C16H17NO. The molecule has 2 heteroatoms. The average Bonchev–Trinajstić information content (AvgIpc) is 2.46. The van der Waals surface area contributed by atoms with Gasteiger partial charge < -0.3 is 9.64 Å². The molecule has 0 unspecified atom stereocenters. The Kier molecular flexibility index (Phi) is 3.29. The lowest BCUT2D eigenvalue weighted by Gasteiger charge is -2.25. The molecule has 1 fully saturated rings. The van der Waals surface area contributed by atoms with Crippen molar-refractivity contribution in [2.45, 2.75) is 0 Å². The molecule has 0 bridgehead atoms. The van der Waals surface area contributed by atoms with Crippen LogP contribution in [0, 0.1) is 0 Å². The molecule has 92 valence electrons. The molecule has 1 heterocycles. The summed E-state index contributed by atoms with van der Waals surface area (Å²) in [6, 6.07) is 15.0. The Hall–Kier alpha value is -1.80. The Labute approximate surface area is 107 Å². The maximum absolute atomic E-state index is 5.33. The van der Waals surface area contributed by atoms with Gasteiger partial charge in [-0.2, -0.15) is 0 Å². The monoisotopic (exact) mass is 239 g/mol. The number of ether oxygens (including phenoxy) is 1. The summed E-state index contributed by atoms with van der Waals surface area (Å²) in [5, 5.41) is 2.59. The van der Waals surface area contributed by atoms with Crippen LogP contribution in [0.3, 0.4) is 0 Å². The van der Waals surface area contributed by atoms with Gasteiger partial charge in [0.15, 0.2) is 0 Å². The second kappa shape index (κ2) is 5.23. The van der Waals surface area contributed by atoms with Gasteiger partial charge in [-0.3, -0.25) is 0 Å². The van der Waals surface area contributed by atoms with E-state index in [1.807, 2.05) is 0 Å².